The number of aliphatic hydroxyl groups excluding tert-OH is 1. The van der Waals surface area contributed by atoms with Gasteiger partial charge in [0.05, 0.1) is 87.9 Å². The number of nitrogens with one attached hydrogen (secondary N) is 1. The molecular formula is C43H50F2N10O10. The predicted octanol–water partition coefficient (Wildman–Crippen LogP) is 4.55. The SMILES string of the molecule is CO.N#CNC(=NC[C@H]1CN(c2ccc(N3CCOCC3)c(F)c2)C(=O)O1)c1ccco1.NC[C@H]1CN(c2ccc(N3CCOCC3)c(F)c2)C(=O)O1.[C-]#[N+]/N=C(/OCC)c1ccco1. The number of cyclic esters (lactones) is 2. The highest BCUT2D eigenvalue weighted by Gasteiger charge is 2.34. The lowest BCUT2D eigenvalue weighted by Gasteiger charge is -2.29. The molecule has 4 N–H and O–H groups in total. The number of carbonyl (C=O) groups is 2. The third-order valence-electron chi connectivity index (χ3n) is 9.74. The average molecular weight is 905 g/mol. The molecule has 6 heterocycles. The van der Waals surface area contributed by atoms with Gasteiger partial charge in [-0.1, -0.05) is 0 Å². The van der Waals surface area contributed by atoms with Crippen molar-refractivity contribution in [3.05, 3.63) is 108 Å². The van der Waals surface area contributed by atoms with Crippen LogP contribution in [0.15, 0.2) is 92.1 Å². The van der Waals surface area contributed by atoms with Crippen molar-refractivity contribution in [2.24, 2.45) is 15.8 Å². The topological polar surface area (TPSA) is 231 Å². The number of carbonyl (C=O) groups excluding carboxylic acids is 2. The number of halogens is 2. The maximum atomic E-state index is 14.7. The summed E-state index contributed by atoms with van der Waals surface area (Å²) in [5.74, 6) is 0.613. The Hall–Kier alpha value is -7.24. The Kier molecular flexibility index (Phi) is 18.9. The number of benzene rings is 2. The van der Waals surface area contributed by atoms with E-state index < -0.39 is 24.1 Å². The molecule has 0 unspecified atom stereocenters. The van der Waals surface area contributed by atoms with E-state index in [1.807, 2.05) is 16.7 Å². The second-order valence-electron chi connectivity index (χ2n) is 13.8. The van der Waals surface area contributed by atoms with E-state index in [0.717, 1.165) is 7.11 Å². The molecule has 4 aliphatic rings. The predicted molar refractivity (Wildman–Crippen MR) is 234 cm³/mol. The zero-order valence-electron chi connectivity index (χ0n) is 35.8. The van der Waals surface area contributed by atoms with Gasteiger partial charge in [0.25, 0.3) is 0 Å². The molecular weight excluding hydrogens is 855 g/mol. The first-order valence-electron chi connectivity index (χ1n) is 20.4. The van der Waals surface area contributed by atoms with Crippen molar-refractivity contribution >= 4 is 46.7 Å². The third kappa shape index (κ3) is 13.4. The molecule has 22 heteroatoms. The number of hydrogen-bond donors (Lipinski definition) is 3. The fraction of sp³-hybridized carbons (Fsp3) is 0.395. The van der Waals surface area contributed by atoms with Crippen LogP contribution in [0.5, 0.6) is 0 Å². The highest BCUT2D eigenvalue weighted by Crippen LogP contribution is 2.30. The van der Waals surface area contributed by atoms with E-state index in [4.69, 9.17) is 55.2 Å². The zero-order valence-corrected chi connectivity index (χ0v) is 35.8. The van der Waals surface area contributed by atoms with Crippen LogP contribution >= 0.6 is 0 Å². The van der Waals surface area contributed by atoms with Crippen LogP contribution in [0.2, 0.25) is 0 Å². The Morgan fingerprint density at radius 3 is 1.80 bits per heavy atom. The molecule has 4 fully saturated rings. The van der Waals surface area contributed by atoms with E-state index in [1.54, 1.807) is 54.7 Å². The van der Waals surface area contributed by atoms with Gasteiger partial charge in [-0.15, -0.1) is 4.95 Å². The van der Waals surface area contributed by atoms with Crippen molar-refractivity contribution in [1.82, 2.24) is 5.32 Å². The Bertz CT molecular complexity index is 2270. The van der Waals surface area contributed by atoms with Crippen molar-refractivity contribution in [2.75, 3.05) is 112 Å². The summed E-state index contributed by atoms with van der Waals surface area (Å²) >= 11 is 0. The summed E-state index contributed by atoms with van der Waals surface area (Å²) in [5, 5.41) is 21.8. The third-order valence-corrected chi connectivity index (χ3v) is 9.74. The number of aliphatic imine (C=N–C) groups is 1. The molecule has 2 atom stereocenters. The lowest BCUT2D eigenvalue weighted by atomic mass is 10.2. The molecule has 2 aromatic heterocycles. The van der Waals surface area contributed by atoms with E-state index in [0.29, 0.717) is 100 Å². The van der Waals surface area contributed by atoms with Gasteiger partial charge in [0.15, 0.2) is 23.5 Å². The van der Waals surface area contributed by atoms with Crippen molar-refractivity contribution < 1.29 is 56.0 Å². The molecule has 0 bridgehead atoms. The van der Waals surface area contributed by atoms with Gasteiger partial charge in [0.1, 0.15) is 28.9 Å². The standard InChI is InChI=1S/C20H20FN5O4.C14H18FN3O3.C8H8N2O2.CH4O/c21-16-10-14(3-4-17(16)25-5-8-28-9-6-25)26-12-15(30-20(26)27)11-23-19(24-13-22)18-2-1-7-29-18;15-12-7-10(18-9-11(8-16)21-14(18)19)1-2-13(12)17-3-5-20-6-4-17;1-3-11-8(10-9-2)7-5-4-6-12-7;1-2/h1-4,7,10,15H,5-6,8-9,11-12H2,(H,23,24);1-2,7,11H,3-6,8-9,16H2;4-6H,3H2,1H3;2H,1H3/b;;10-8+;/t15-;11-;;/m00../s1. The van der Waals surface area contributed by atoms with Gasteiger partial charge in [0.2, 0.25) is 0 Å². The number of nitrogens with two attached hydrogens (primary N) is 1. The summed E-state index contributed by atoms with van der Waals surface area (Å²) < 4.78 is 65.3. The summed E-state index contributed by atoms with van der Waals surface area (Å²) in [7, 11) is 1.00. The number of nitriles is 1. The molecule has 4 saturated heterocycles. The van der Waals surface area contributed by atoms with Gasteiger partial charge in [-0.05, 0) is 67.6 Å². The minimum atomic E-state index is -0.568. The van der Waals surface area contributed by atoms with Crippen molar-refractivity contribution in [1.29, 1.82) is 5.26 Å². The minimum absolute atomic E-state index is 0.126. The largest absolute Gasteiger partial charge is 0.471 e. The number of anilines is 4. The second kappa shape index (κ2) is 25.2. The van der Waals surface area contributed by atoms with Gasteiger partial charge in [-0.2, -0.15) is 11.8 Å². The zero-order chi connectivity index (χ0) is 46.6. The van der Waals surface area contributed by atoms with Gasteiger partial charge in [-0.25, -0.2) is 18.4 Å². The Labute approximate surface area is 373 Å². The summed E-state index contributed by atoms with van der Waals surface area (Å²) in [6.07, 6.45) is 2.86. The van der Waals surface area contributed by atoms with Crippen LogP contribution in [0, 0.1) is 29.7 Å². The number of aliphatic hydroxyl groups is 1. The summed E-state index contributed by atoms with van der Waals surface area (Å²) in [6.45, 7) is 14.7. The van der Waals surface area contributed by atoms with Gasteiger partial charge < -0.3 is 53.2 Å². The molecule has 346 valence electrons. The molecule has 65 heavy (non-hydrogen) atoms. The monoisotopic (exact) mass is 904 g/mol. The number of furan rings is 2. The minimum Gasteiger partial charge on any atom is -0.471 e. The number of rotatable bonds is 10. The Morgan fingerprint density at radius 2 is 1.37 bits per heavy atom. The Morgan fingerprint density at radius 1 is 0.862 bits per heavy atom. The highest BCUT2D eigenvalue weighted by atomic mass is 19.1. The van der Waals surface area contributed by atoms with E-state index in [1.165, 1.54) is 34.5 Å². The molecule has 0 radical (unpaired) electrons. The van der Waals surface area contributed by atoms with Crippen LogP contribution in [-0.2, 0) is 23.7 Å². The van der Waals surface area contributed by atoms with E-state index in [9.17, 15) is 18.4 Å². The Balaban J connectivity index is 0.000000196. The molecule has 0 saturated carbocycles. The molecule has 0 aliphatic carbocycles. The van der Waals surface area contributed by atoms with Crippen LogP contribution in [0.4, 0.5) is 41.1 Å². The van der Waals surface area contributed by atoms with Gasteiger partial charge >= 0.3 is 18.1 Å². The number of nitrogens with zero attached hydrogens (tertiary/aromatic N) is 8. The molecule has 2 amide bonds. The summed E-state index contributed by atoms with van der Waals surface area (Å²) in [6, 6.07) is 16.2. The van der Waals surface area contributed by atoms with E-state index in [-0.39, 0.29) is 43.3 Å². The van der Waals surface area contributed by atoms with Crippen molar-refractivity contribution in [3.8, 4) is 6.19 Å². The van der Waals surface area contributed by atoms with E-state index in [2.05, 4.69) is 20.4 Å². The van der Waals surface area contributed by atoms with Crippen LogP contribution in [-0.4, -0.2) is 134 Å². The first-order chi connectivity index (χ1) is 31.7. The highest BCUT2D eigenvalue weighted by molar-refractivity contribution is 5.97. The van der Waals surface area contributed by atoms with Crippen LogP contribution in [0.3, 0.4) is 0 Å². The van der Waals surface area contributed by atoms with Crippen LogP contribution in [0.1, 0.15) is 18.4 Å². The van der Waals surface area contributed by atoms with Gasteiger partial charge in [-0.3, -0.25) is 20.1 Å². The van der Waals surface area contributed by atoms with Crippen molar-refractivity contribution in [3.63, 3.8) is 0 Å². The first kappa shape index (κ1) is 48.8. The first-order valence-corrected chi connectivity index (χ1v) is 20.4. The summed E-state index contributed by atoms with van der Waals surface area (Å²) in [4.78, 5) is 37.8. The lowest BCUT2D eigenvalue weighted by molar-refractivity contribution is 0.122. The second-order valence-corrected chi connectivity index (χ2v) is 13.8. The smallest absolute Gasteiger partial charge is 0.414 e. The normalized spacial score (nSPS) is 18.4. The number of morpholine rings is 2. The fourth-order valence-corrected chi connectivity index (χ4v) is 6.70. The average Bonchev–Trinajstić information content (AvgIpc) is 4.19. The number of ether oxygens (including phenoxy) is 5. The molecule has 4 aliphatic heterocycles. The quantitative estimate of drug-likeness (QED) is 0.0495. The van der Waals surface area contributed by atoms with Crippen LogP contribution < -0.4 is 30.7 Å². The summed E-state index contributed by atoms with van der Waals surface area (Å²) in [5.41, 5.74) is 7.42. The molecule has 0 spiro atoms. The van der Waals surface area contributed by atoms with Crippen LogP contribution in [0.25, 0.3) is 4.95 Å². The maximum absolute atomic E-state index is 14.7. The van der Waals surface area contributed by atoms with Gasteiger partial charge in [0, 0.05) is 39.8 Å². The number of amides is 2. The molecule has 2 aromatic carbocycles. The molecule has 8 rings (SSSR count). The number of amidine groups is 1. The fourth-order valence-electron chi connectivity index (χ4n) is 6.70. The maximum Gasteiger partial charge on any atom is 0.414 e. The van der Waals surface area contributed by atoms with E-state index >= 15 is 0 Å². The molecule has 20 nitrogen and oxygen atoms in total. The van der Waals surface area contributed by atoms with Crippen molar-refractivity contribution in [2.45, 2.75) is 19.1 Å². The number of hydrogen-bond acceptors (Lipinski definition) is 16. The lowest BCUT2D eigenvalue weighted by Crippen LogP contribution is -2.36. The molecule has 4 aromatic rings.